The first-order valence-electron chi connectivity index (χ1n) is 21.2. The minimum atomic E-state index is -5.23. The summed E-state index contributed by atoms with van der Waals surface area (Å²) in [7, 11) is -8.75. The van der Waals surface area contributed by atoms with Gasteiger partial charge in [-0.3, -0.25) is 19.1 Å². The number of anilines is 1. The van der Waals surface area contributed by atoms with E-state index in [1.807, 2.05) is 0 Å². The van der Waals surface area contributed by atoms with Crippen molar-refractivity contribution in [3.63, 3.8) is 0 Å². The predicted octanol–water partition coefficient (Wildman–Crippen LogP) is 8.25. The average molecular weight is 1090 g/mol. The summed E-state index contributed by atoms with van der Waals surface area (Å²) in [5.41, 5.74) is -5.65. The molecule has 3 aromatic heterocycles. The number of nitrogens with one attached hydrogen (secondary N) is 1. The first-order valence-corrected chi connectivity index (χ1v) is 25.3. The number of carbonyl (C=O) groups is 3. The van der Waals surface area contributed by atoms with Gasteiger partial charge in [-0.1, -0.05) is 23.7 Å². The van der Waals surface area contributed by atoms with Crippen molar-refractivity contribution in [2.75, 3.05) is 16.8 Å². The number of aromatic nitrogens is 5. The molecule has 0 radical (unpaired) electrons. The maximum absolute atomic E-state index is 15.6. The summed E-state index contributed by atoms with van der Waals surface area (Å²) in [6.45, 7) is 0.260. The second kappa shape index (κ2) is 18.5. The van der Waals surface area contributed by atoms with Crippen LogP contribution in [0.25, 0.3) is 22.0 Å². The van der Waals surface area contributed by atoms with Crippen LogP contribution in [0.5, 0.6) is 0 Å². The molecule has 2 N–H and O–H groups in total. The second-order valence-corrected chi connectivity index (χ2v) is 22.9. The average Bonchev–Trinajstić information content (AvgIpc) is 3.74. The number of alkyl halides is 8. The van der Waals surface area contributed by atoms with Crippen molar-refractivity contribution in [1.29, 1.82) is 0 Å². The van der Waals surface area contributed by atoms with Crippen LogP contribution in [-0.2, 0) is 72.2 Å². The molecule has 390 valence electrons. The number of aliphatic carboxylic acids is 1. The largest absolute Gasteiger partial charge is 0.479 e. The molecule has 72 heavy (non-hydrogen) atoms. The van der Waals surface area contributed by atoms with Crippen LogP contribution in [0.15, 0.2) is 42.5 Å². The number of halogens is 11. The van der Waals surface area contributed by atoms with E-state index in [0.29, 0.717) is 12.3 Å². The maximum atomic E-state index is 15.6. The van der Waals surface area contributed by atoms with Crippen molar-refractivity contribution in [2.24, 2.45) is 5.92 Å². The molecule has 2 aromatic carbocycles. The van der Waals surface area contributed by atoms with E-state index in [2.05, 4.69) is 20.5 Å². The molecular weight excluding hydrogens is 1050 g/mol. The molecule has 4 atom stereocenters. The molecule has 0 bridgehead atoms. The van der Waals surface area contributed by atoms with Gasteiger partial charge in [0, 0.05) is 40.6 Å². The molecule has 3 heterocycles. The van der Waals surface area contributed by atoms with Gasteiger partial charge in [-0.2, -0.15) is 49.6 Å². The Balaban J connectivity index is 1.47. The summed E-state index contributed by atoms with van der Waals surface area (Å²) >= 11 is 6.57. The number of ether oxygens (including phenoxy) is 1. The topological polar surface area (TPSA) is 213 Å². The van der Waals surface area contributed by atoms with Gasteiger partial charge in [0.25, 0.3) is 5.92 Å². The monoisotopic (exact) mass is 1090 g/mol. The van der Waals surface area contributed by atoms with E-state index >= 15 is 8.78 Å². The van der Waals surface area contributed by atoms with Crippen molar-refractivity contribution in [3.05, 3.63) is 93.0 Å². The molecule has 1 unspecified atom stereocenters. The number of nitrogens with zero attached hydrogens (tertiary/aromatic N) is 6. The molecule has 0 saturated heterocycles. The number of benzene rings is 2. The van der Waals surface area contributed by atoms with E-state index in [1.54, 1.807) is 0 Å². The lowest BCUT2D eigenvalue weighted by molar-refractivity contribution is -0.145. The number of amides is 2. The number of aryl methyl sites for hydroxylation is 1. The fraction of sp³-hybridized carbons (Fsp3) is 0.442. The van der Waals surface area contributed by atoms with Crippen LogP contribution in [0, 0.1) is 17.6 Å². The Bertz CT molecular complexity index is 3250. The first-order chi connectivity index (χ1) is 33.0. The van der Waals surface area contributed by atoms with E-state index in [9.17, 15) is 71.4 Å². The number of carboxylic acid groups (broad SMARTS) is 1. The van der Waals surface area contributed by atoms with Gasteiger partial charge in [-0.15, -0.1) is 0 Å². The van der Waals surface area contributed by atoms with Crippen LogP contribution in [0.1, 0.15) is 79.5 Å². The van der Waals surface area contributed by atoms with Gasteiger partial charge < -0.3 is 15.2 Å². The van der Waals surface area contributed by atoms with Crippen molar-refractivity contribution in [1.82, 2.24) is 29.9 Å². The summed E-state index contributed by atoms with van der Waals surface area (Å²) in [6, 6.07) is 4.87. The second-order valence-electron chi connectivity index (χ2n) is 18.0. The Morgan fingerprint density at radius 3 is 2.15 bits per heavy atom. The van der Waals surface area contributed by atoms with Crippen LogP contribution < -0.4 is 9.62 Å². The highest BCUT2D eigenvalue weighted by Crippen LogP contribution is 2.68. The maximum Gasteiger partial charge on any atom is 0.435 e. The zero-order chi connectivity index (χ0) is 53.6. The summed E-state index contributed by atoms with van der Waals surface area (Å²) in [4.78, 5) is 43.8. The first kappa shape index (κ1) is 53.8. The third-order valence-corrected chi connectivity index (χ3v) is 15.8. The molecular formula is C43H40ClF10N7O9S2. The predicted molar refractivity (Wildman–Crippen MR) is 235 cm³/mol. The fourth-order valence-corrected chi connectivity index (χ4v) is 9.91. The quantitative estimate of drug-likeness (QED) is 0.0895. The van der Waals surface area contributed by atoms with Gasteiger partial charge in [0.2, 0.25) is 15.9 Å². The summed E-state index contributed by atoms with van der Waals surface area (Å²) < 4.78 is 202. The molecule has 16 nitrogen and oxygen atoms in total. The Kier molecular flexibility index (Phi) is 13.8. The van der Waals surface area contributed by atoms with Gasteiger partial charge in [0.05, 0.1) is 38.7 Å². The number of rotatable bonds is 16. The lowest BCUT2D eigenvalue weighted by atomic mass is 9.93. The molecule has 2 aliphatic carbocycles. The standard InChI is InChI=1S/C43H40ClF10N7O9S2/c1-19(38(63)64)70-39(65)61(72(5,68)69)37-32-28(44)9-8-25(34(32)60(58-37)18-41(47,48)49)24-7-6-23(10-11-40(2,3)71(4,66)67)55-33(24)29(14-20-12-21(45)15-22(46)13-20)56-30(62)17-59-36-31(35(57-59)43(52,53)54)26-16-27(26)42(36,50)51/h6-9,12-13,15,19,26-27,29H,10-11,14,16-18H2,1-5H3,(H,56,62)(H,63,64)/t19-,26+,27?,29+/m1/s1. The molecule has 1 fully saturated rings. The van der Waals surface area contributed by atoms with Crippen LogP contribution in [0.4, 0.5) is 54.5 Å². The molecule has 1 saturated carbocycles. The van der Waals surface area contributed by atoms with Crippen LogP contribution in [0.2, 0.25) is 5.02 Å². The van der Waals surface area contributed by atoms with Gasteiger partial charge in [0.1, 0.15) is 30.4 Å². The number of hydrogen-bond donors (Lipinski definition) is 2. The van der Waals surface area contributed by atoms with Crippen molar-refractivity contribution in [3.8, 4) is 11.1 Å². The summed E-state index contributed by atoms with van der Waals surface area (Å²) in [5, 5.41) is 17.7. The smallest absolute Gasteiger partial charge is 0.435 e. The Morgan fingerprint density at radius 2 is 1.58 bits per heavy atom. The van der Waals surface area contributed by atoms with Crippen LogP contribution in [0.3, 0.4) is 0 Å². The Hall–Kier alpha value is -6.03. The highest BCUT2D eigenvalue weighted by molar-refractivity contribution is 7.92. The number of fused-ring (bicyclic) bond motifs is 4. The summed E-state index contributed by atoms with van der Waals surface area (Å²) in [6.07, 6.45) is -14.3. The minimum Gasteiger partial charge on any atom is -0.479 e. The van der Waals surface area contributed by atoms with E-state index in [0.717, 1.165) is 37.4 Å². The molecule has 7 rings (SSSR count). The number of sulfonamides is 1. The number of carbonyl (C=O) groups excluding carboxylic acids is 2. The van der Waals surface area contributed by atoms with Crippen LogP contribution >= 0.6 is 11.6 Å². The number of hydrogen-bond acceptors (Lipinski definition) is 11. The highest BCUT2D eigenvalue weighted by Gasteiger charge is 2.68. The highest BCUT2D eigenvalue weighted by atomic mass is 35.5. The van der Waals surface area contributed by atoms with Crippen molar-refractivity contribution < 1.29 is 85.0 Å². The van der Waals surface area contributed by atoms with E-state index in [-0.39, 0.29) is 49.8 Å². The molecule has 29 heteroatoms. The van der Waals surface area contributed by atoms with Gasteiger partial charge in [0.15, 0.2) is 27.5 Å². The van der Waals surface area contributed by atoms with E-state index in [1.165, 1.54) is 26.0 Å². The lowest BCUT2D eigenvalue weighted by Crippen LogP contribution is -2.40. The third-order valence-electron chi connectivity index (χ3n) is 12.2. The third kappa shape index (κ3) is 10.7. The number of sulfone groups is 1. The summed E-state index contributed by atoms with van der Waals surface area (Å²) in [5.74, 6) is -13.1. The molecule has 2 aliphatic rings. The zero-order valence-corrected chi connectivity index (χ0v) is 40.4. The van der Waals surface area contributed by atoms with E-state index in [4.69, 9.17) is 16.3 Å². The van der Waals surface area contributed by atoms with Gasteiger partial charge >= 0.3 is 24.4 Å². The Morgan fingerprint density at radius 1 is 0.958 bits per heavy atom. The minimum absolute atomic E-state index is 0.0157. The van der Waals surface area contributed by atoms with Gasteiger partial charge in [-0.05, 0) is 82.2 Å². The fourth-order valence-electron chi connectivity index (χ4n) is 8.45. The number of carboxylic acids is 1. The van der Waals surface area contributed by atoms with Crippen molar-refractivity contribution in [2.45, 2.75) is 101 Å². The molecule has 5 aromatic rings. The van der Waals surface area contributed by atoms with Crippen molar-refractivity contribution >= 4 is 66.2 Å². The molecule has 2 amide bonds. The zero-order valence-electron chi connectivity index (χ0n) is 38.0. The SMILES string of the molecule is C[C@@H](OC(=O)N(c1nn(CC(F)(F)F)c2c(-c3ccc(CCC(C)(C)S(C)(=O)=O)nc3[C@H](Cc3cc(F)cc(F)c3)NC(=O)Cn3nc(C(F)(F)F)c4c3C(F)(F)C3C[C@H]43)ccc(Cl)c12)S(C)(=O)=O)C(=O)O. The lowest BCUT2D eigenvalue weighted by Gasteiger charge is -2.25. The van der Waals surface area contributed by atoms with Crippen LogP contribution in [-0.4, -0.2) is 94.0 Å². The molecule has 0 aliphatic heterocycles. The molecule has 0 spiro atoms. The number of pyridine rings is 1. The normalized spacial score (nSPS) is 17.6. The van der Waals surface area contributed by atoms with Gasteiger partial charge in [-0.25, -0.2) is 35.2 Å². The Labute approximate surface area is 407 Å². The van der Waals surface area contributed by atoms with E-state index < -0.39 is 166 Å².